The average molecular weight is 509 g/mol. The first-order valence-corrected chi connectivity index (χ1v) is 10.3. The van der Waals surface area contributed by atoms with E-state index in [4.69, 9.17) is 0 Å². The van der Waals surface area contributed by atoms with Crippen molar-refractivity contribution in [3.05, 3.63) is 46.8 Å². The number of alkyl halides is 3. The van der Waals surface area contributed by atoms with Gasteiger partial charge >= 0.3 is 35.7 Å². The quantitative estimate of drug-likeness (QED) is 0.211. The molecule has 1 amide bonds. The van der Waals surface area contributed by atoms with Gasteiger partial charge in [-0.15, -0.1) is 10.2 Å². The van der Waals surface area contributed by atoms with Crippen molar-refractivity contribution < 1.29 is 73.7 Å². The number of halogens is 6. The third-order valence-corrected chi connectivity index (χ3v) is 5.27. The van der Waals surface area contributed by atoms with Crippen LogP contribution in [0.2, 0.25) is 0 Å². The molecule has 33 heavy (non-hydrogen) atoms. The molecule has 9 nitrogen and oxygen atoms in total. The van der Waals surface area contributed by atoms with Crippen LogP contribution in [-0.2, 0) is 40.8 Å². The summed E-state index contributed by atoms with van der Waals surface area (Å²) in [5.74, 6) is -6.32. The molecule has 1 N–H and O–H groups in total. The Morgan fingerprint density at radius 2 is 1.76 bits per heavy atom. The molecule has 17 heteroatoms. The molecular formula is C16H14F6N5NaO4S. The summed E-state index contributed by atoms with van der Waals surface area (Å²) in [7, 11) is -5.13. The molecule has 0 aliphatic carbocycles. The number of hydrogen-bond donors (Lipinski definition) is 1. The first-order chi connectivity index (χ1) is 14.7. The van der Waals surface area contributed by atoms with Crippen LogP contribution in [0.1, 0.15) is 23.6 Å². The van der Waals surface area contributed by atoms with Crippen LogP contribution in [0.15, 0.2) is 12.1 Å². The maximum Gasteiger partial charge on any atom is 1.00 e. The van der Waals surface area contributed by atoms with E-state index in [1.165, 1.54) is 0 Å². The predicted octanol–water partition coefficient (Wildman–Crippen LogP) is -1.89. The maximum absolute atomic E-state index is 13.9. The van der Waals surface area contributed by atoms with Gasteiger partial charge in [-0.25, -0.2) is 26.3 Å². The molecule has 1 aliphatic rings. The van der Waals surface area contributed by atoms with Crippen LogP contribution < -0.4 is 34.3 Å². The molecule has 0 unspecified atom stereocenters. The molecule has 0 bridgehead atoms. The number of carbonyl (C=O) groups is 1. The Morgan fingerprint density at radius 1 is 1.12 bits per heavy atom. The van der Waals surface area contributed by atoms with E-state index in [0.717, 1.165) is 9.47 Å². The van der Waals surface area contributed by atoms with Gasteiger partial charge in [0.2, 0.25) is 11.7 Å². The Kier molecular flexibility index (Phi) is 8.56. The topological polar surface area (TPSA) is 120 Å². The largest absolute Gasteiger partial charge is 1.00 e. The second-order valence-electron chi connectivity index (χ2n) is 6.94. The standard InChI is InChI=1S/C16H15F6N5O4S.Na/c17-10-6-12(19)11(18)4-8(10)3-9(25-32(29,30)31)5-14(28)26-1-2-27-13(7-26)23-24-15(27)16(20,21)22;/h4,6,9,25H,1-3,5,7H2,(H,29,30,31);/q;+1/p-1/t9-;/m1./s1. The molecule has 1 aliphatic heterocycles. The van der Waals surface area contributed by atoms with E-state index in [0.29, 0.717) is 6.07 Å². The maximum atomic E-state index is 13.9. The minimum absolute atomic E-state index is 0. The van der Waals surface area contributed by atoms with Crippen LogP contribution in [0, 0.1) is 17.5 Å². The molecular weight excluding hydrogens is 495 g/mol. The second-order valence-corrected chi connectivity index (χ2v) is 8.08. The fourth-order valence-electron chi connectivity index (χ4n) is 3.27. The van der Waals surface area contributed by atoms with Gasteiger partial charge in [0.05, 0.1) is 6.54 Å². The Balaban J connectivity index is 0.00000385. The molecule has 0 saturated heterocycles. The molecule has 0 spiro atoms. The molecule has 0 radical (unpaired) electrons. The van der Waals surface area contributed by atoms with Crippen LogP contribution in [-0.4, -0.2) is 51.1 Å². The molecule has 0 fully saturated rings. The van der Waals surface area contributed by atoms with Crippen molar-refractivity contribution in [2.75, 3.05) is 6.54 Å². The van der Waals surface area contributed by atoms with Gasteiger partial charge in [-0.05, 0) is 18.1 Å². The van der Waals surface area contributed by atoms with Crippen molar-refractivity contribution in [2.45, 2.75) is 38.1 Å². The SMILES string of the molecule is O=C(C[C@@H](Cc1cc(F)c(F)cc1F)NS(=O)(=O)[O-])N1CCn2c(nnc2C(F)(F)F)C1.[Na+]. The summed E-state index contributed by atoms with van der Waals surface area (Å²) in [6, 6.07) is -0.844. The third-order valence-electron chi connectivity index (χ3n) is 4.65. The molecule has 1 atom stereocenters. The second kappa shape index (κ2) is 10.3. The zero-order valence-electron chi connectivity index (χ0n) is 16.9. The Hall–Kier alpha value is -1.72. The van der Waals surface area contributed by atoms with Crippen LogP contribution in [0.4, 0.5) is 26.3 Å². The summed E-state index contributed by atoms with van der Waals surface area (Å²) in [5, 5.41) is 6.46. The zero-order valence-corrected chi connectivity index (χ0v) is 19.7. The Bertz CT molecular complexity index is 1140. The summed E-state index contributed by atoms with van der Waals surface area (Å²) < 4.78 is 115. The number of rotatable bonds is 6. The smallest absolute Gasteiger partial charge is 0.735 e. The Labute approximate surface area is 205 Å². The van der Waals surface area contributed by atoms with Crippen molar-refractivity contribution in [3.63, 3.8) is 0 Å². The number of fused-ring (bicyclic) bond motifs is 1. The van der Waals surface area contributed by atoms with E-state index >= 15 is 0 Å². The third kappa shape index (κ3) is 6.89. The van der Waals surface area contributed by atoms with Gasteiger partial charge < -0.3 is 14.0 Å². The van der Waals surface area contributed by atoms with Gasteiger partial charge in [0, 0.05) is 31.6 Å². The van der Waals surface area contributed by atoms with E-state index in [9.17, 15) is 44.1 Å². The summed E-state index contributed by atoms with van der Waals surface area (Å²) in [6.45, 7) is -0.875. The van der Waals surface area contributed by atoms with E-state index < -0.39 is 70.1 Å². The molecule has 2 aromatic rings. The van der Waals surface area contributed by atoms with E-state index in [1.807, 2.05) is 0 Å². The van der Waals surface area contributed by atoms with Gasteiger partial charge in [-0.2, -0.15) is 13.2 Å². The van der Waals surface area contributed by atoms with E-state index in [-0.39, 0.29) is 61.1 Å². The molecule has 3 rings (SSSR count). The summed E-state index contributed by atoms with van der Waals surface area (Å²) in [6.07, 6.45) is -6.12. The summed E-state index contributed by atoms with van der Waals surface area (Å²) in [5.41, 5.74) is -0.494. The number of carbonyl (C=O) groups excluding carboxylic acids is 1. The first-order valence-electron chi connectivity index (χ1n) is 8.88. The fourth-order valence-corrected chi connectivity index (χ4v) is 3.84. The minimum atomic E-state index is -5.13. The first kappa shape index (κ1) is 27.5. The van der Waals surface area contributed by atoms with Crippen molar-refractivity contribution in [1.82, 2.24) is 24.4 Å². The minimum Gasteiger partial charge on any atom is -0.735 e. The molecule has 2 heterocycles. The van der Waals surface area contributed by atoms with Gasteiger partial charge in [0.15, 0.2) is 27.8 Å². The number of nitrogens with one attached hydrogen (secondary N) is 1. The van der Waals surface area contributed by atoms with E-state index in [1.54, 1.807) is 4.72 Å². The normalized spacial score (nSPS) is 15.1. The predicted molar refractivity (Wildman–Crippen MR) is 91.7 cm³/mol. The number of amides is 1. The molecule has 1 aromatic carbocycles. The summed E-state index contributed by atoms with van der Waals surface area (Å²) in [4.78, 5) is 13.6. The number of hydrogen-bond acceptors (Lipinski definition) is 6. The van der Waals surface area contributed by atoms with Crippen LogP contribution in [0.3, 0.4) is 0 Å². The van der Waals surface area contributed by atoms with Gasteiger partial charge in [-0.1, -0.05) is 0 Å². The zero-order chi connectivity index (χ0) is 23.8. The van der Waals surface area contributed by atoms with Crippen molar-refractivity contribution in [3.8, 4) is 0 Å². The van der Waals surface area contributed by atoms with Crippen LogP contribution in [0.5, 0.6) is 0 Å². The monoisotopic (exact) mass is 509 g/mol. The van der Waals surface area contributed by atoms with Crippen molar-refractivity contribution in [1.29, 1.82) is 0 Å². The van der Waals surface area contributed by atoms with E-state index in [2.05, 4.69) is 10.2 Å². The number of nitrogens with zero attached hydrogens (tertiary/aromatic N) is 4. The van der Waals surface area contributed by atoms with Gasteiger partial charge in [-0.3, -0.25) is 4.79 Å². The van der Waals surface area contributed by atoms with Crippen molar-refractivity contribution in [2.24, 2.45) is 0 Å². The average Bonchev–Trinajstić information content (AvgIpc) is 3.08. The van der Waals surface area contributed by atoms with Gasteiger partial charge in [0.1, 0.15) is 5.82 Å². The Morgan fingerprint density at radius 3 is 2.36 bits per heavy atom. The fraction of sp³-hybridized carbons (Fsp3) is 0.438. The van der Waals surface area contributed by atoms with Crippen LogP contribution in [0.25, 0.3) is 0 Å². The number of aromatic nitrogens is 3. The van der Waals surface area contributed by atoms with Gasteiger partial charge in [0.25, 0.3) is 0 Å². The van der Waals surface area contributed by atoms with Crippen molar-refractivity contribution >= 4 is 16.2 Å². The van der Waals surface area contributed by atoms with Crippen LogP contribution >= 0.6 is 0 Å². The molecule has 1 aromatic heterocycles. The molecule has 176 valence electrons. The number of benzene rings is 1. The molecule has 0 saturated carbocycles. The summed E-state index contributed by atoms with van der Waals surface area (Å²) >= 11 is 0.